The first kappa shape index (κ1) is 12.0. The lowest BCUT2D eigenvalue weighted by atomic mass is 10.0. The summed E-state index contributed by atoms with van der Waals surface area (Å²) in [5, 5.41) is 0. The van der Waals surface area contributed by atoms with E-state index in [2.05, 4.69) is 59.8 Å². The van der Waals surface area contributed by atoms with Crippen molar-refractivity contribution in [2.24, 2.45) is 5.92 Å². The van der Waals surface area contributed by atoms with Gasteiger partial charge in [-0.1, -0.05) is 41.9 Å². The second-order valence-corrected chi connectivity index (χ2v) is 4.85. The van der Waals surface area contributed by atoms with Crippen LogP contribution in [-0.2, 0) is 0 Å². The topological polar surface area (TPSA) is 0 Å². The Morgan fingerprint density at radius 3 is 2.20 bits per heavy atom. The Labute approximate surface area is 94.1 Å². The fourth-order valence-corrected chi connectivity index (χ4v) is 2.10. The number of hydrogen-bond acceptors (Lipinski definition) is 0. The monoisotopic (exact) mass is 202 g/mol. The molecule has 0 saturated heterocycles. The Hall–Kier alpha value is -1.04. The molecule has 0 aromatic heterocycles. The largest absolute Gasteiger partial charge is 0.0762 e. The normalized spacial score (nSPS) is 21.9. The number of allylic oxidation sites excluding steroid dienone is 8. The molecule has 1 rings (SSSR count). The van der Waals surface area contributed by atoms with Gasteiger partial charge in [0, 0.05) is 0 Å². The van der Waals surface area contributed by atoms with E-state index in [0.29, 0.717) is 5.92 Å². The lowest BCUT2D eigenvalue weighted by molar-refractivity contribution is 0.877. The van der Waals surface area contributed by atoms with E-state index in [0.717, 1.165) is 0 Å². The van der Waals surface area contributed by atoms with Gasteiger partial charge in [-0.05, 0) is 51.7 Å². The van der Waals surface area contributed by atoms with Crippen LogP contribution in [0.15, 0.2) is 46.1 Å². The summed E-state index contributed by atoms with van der Waals surface area (Å²) in [7, 11) is 0. The average molecular weight is 202 g/mol. The highest BCUT2D eigenvalue weighted by atomic mass is 14.2. The first-order chi connectivity index (χ1) is 6.91. The van der Waals surface area contributed by atoms with Crippen LogP contribution < -0.4 is 0 Å². The van der Waals surface area contributed by atoms with Crippen LogP contribution >= 0.6 is 0 Å². The van der Waals surface area contributed by atoms with Crippen molar-refractivity contribution in [3.05, 3.63) is 46.1 Å². The smallest absolute Gasteiger partial charge is 0.00394 e. The molecular weight excluding hydrogens is 180 g/mol. The van der Waals surface area contributed by atoms with Crippen molar-refractivity contribution in [2.45, 2.75) is 41.5 Å². The third-order valence-electron chi connectivity index (χ3n) is 2.92. The molecule has 15 heavy (non-hydrogen) atoms. The predicted octanol–water partition coefficient (Wildman–Crippen LogP) is 4.81. The molecular formula is C15H22. The lowest BCUT2D eigenvalue weighted by Crippen LogP contribution is -1.88. The van der Waals surface area contributed by atoms with E-state index in [1.54, 1.807) is 0 Å². The minimum atomic E-state index is 0.607. The molecule has 0 radical (unpaired) electrons. The average Bonchev–Trinajstić information content (AvgIpc) is 2.31. The van der Waals surface area contributed by atoms with Crippen LogP contribution in [0.4, 0.5) is 0 Å². The fourth-order valence-electron chi connectivity index (χ4n) is 2.10. The van der Waals surface area contributed by atoms with Crippen molar-refractivity contribution in [3.63, 3.8) is 0 Å². The van der Waals surface area contributed by atoms with Gasteiger partial charge in [-0.3, -0.25) is 0 Å². The molecule has 1 aliphatic rings. The molecule has 82 valence electrons. The predicted molar refractivity (Wildman–Crippen MR) is 68.8 cm³/mol. The lowest BCUT2D eigenvalue weighted by Gasteiger charge is -2.04. The minimum Gasteiger partial charge on any atom is -0.0762 e. The third kappa shape index (κ3) is 2.95. The van der Waals surface area contributed by atoms with E-state index < -0.39 is 0 Å². The molecule has 0 aromatic rings. The van der Waals surface area contributed by atoms with Crippen LogP contribution in [0, 0.1) is 5.92 Å². The van der Waals surface area contributed by atoms with Crippen molar-refractivity contribution in [1.29, 1.82) is 0 Å². The maximum absolute atomic E-state index is 2.34. The summed E-state index contributed by atoms with van der Waals surface area (Å²) in [5.74, 6) is 0.607. The molecule has 0 nitrogen and oxygen atoms in total. The van der Waals surface area contributed by atoms with Gasteiger partial charge in [0.05, 0.1) is 0 Å². The Kier molecular flexibility index (Phi) is 3.73. The molecule has 1 unspecified atom stereocenters. The zero-order valence-electron chi connectivity index (χ0n) is 10.8. The van der Waals surface area contributed by atoms with Crippen LogP contribution in [0.5, 0.6) is 0 Å². The molecule has 0 aromatic carbocycles. The van der Waals surface area contributed by atoms with Gasteiger partial charge in [0.25, 0.3) is 0 Å². The summed E-state index contributed by atoms with van der Waals surface area (Å²) < 4.78 is 0. The zero-order valence-corrected chi connectivity index (χ0v) is 10.8. The van der Waals surface area contributed by atoms with Crippen molar-refractivity contribution < 1.29 is 0 Å². The second kappa shape index (κ2) is 4.65. The van der Waals surface area contributed by atoms with Gasteiger partial charge in [0.1, 0.15) is 0 Å². The van der Waals surface area contributed by atoms with Gasteiger partial charge < -0.3 is 0 Å². The van der Waals surface area contributed by atoms with E-state index in [9.17, 15) is 0 Å². The fraction of sp³-hybridized carbons (Fsp3) is 0.467. The summed E-state index contributed by atoms with van der Waals surface area (Å²) in [4.78, 5) is 0. The Morgan fingerprint density at radius 2 is 1.80 bits per heavy atom. The molecule has 0 aliphatic heterocycles. The maximum Gasteiger partial charge on any atom is -0.00394 e. The van der Waals surface area contributed by atoms with Crippen LogP contribution in [0.25, 0.3) is 0 Å². The quantitative estimate of drug-likeness (QED) is 0.564. The van der Waals surface area contributed by atoms with Crippen molar-refractivity contribution in [3.8, 4) is 0 Å². The highest BCUT2D eigenvalue weighted by Gasteiger charge is 2.15. The third-order valence-corrected chi connectivity index (χ3v) is 2.92. The highest BCUT2D eigenvalue weighted by Crippen LogP contribution is 2.31. The molecule has 0 saturated carbocycles. The Balaban J connectivity index is 3.01. The van der Waals surface area contributed by atoms with Crippen LogP contribution in [-0.4, -0.2) is 0 Å². The van der Waals surface area contributed by atoms with Gasteiger partial charge in [-0.2, -0.15) is 0 Å². The first-order valence-electron chi connectivity index (χ1n) is 5.64. The molecule has 0 heterocycles. The van der Waals surface area contributed by atoms with Gasteiger partial charge in [0.15, 0.2) is 0 Å². The number of rotatable bonds is 2. The van der Waals surface area contributed by atoms with E-state index in [1.165, 1.54) is 27.9 Å². The van der Waals surface area contributed by atoms with Crippen molar-refractivity contribution in [1.82, 2.24) is 0 Å². The molecule has 1 atom stereocenters. The summed E-state index contributed by atoms with van der Waals surface area (Å²) in [6.07, 6.45) is 6.88. The van der Waals surface area contributed by atoms with Crippen LogP contribution in [0.1, 0.15) is 41.5 Å². The first-order valence-corrected chi connectivity index (χ1v) is 5.64. The number of hydrogen-bond donors (Lipinski definition) is 0. The molecule has 0 spiro atoms. The SMILES string of the molecule is CC(C)=CC(C)=CC1=C(C)C(C)C=C1C. The van der Waals surface area contributed by atoms with Gasteiger partial charge in [-0.15, -0.1) is 0 Å². The molecule has 0 bridgehead atoms. The minimum absolute atomic E-state index is 0.607. The Bertz CT molecular complexity index is 369. The van der Waals surface area contributed by atoms with E-state index in [4.69, 9.17) is 0 Å². The highest BCUT2D eigenvalue weighted by molar-refractivity contribution is 5.51. The summed E-state index contributed by atoms with van der Waals surface area (Å²) in [6.45, 7) is 13.1. The zero-order chi connectivity index (χ0) is 11.6. The van der Waals surface area contributed by atoms with Crippen LogP contribution in [0.2, 0.25) is 0 Å². The van der Waals surface area contributed by atoms with Crippen molar-refractivity contribution in [2.75, 3.05) is 0 Å². The molecule has 0 N–H and O–H groups in total. The standard InChI is InChI=1S/C15H22/c1-10(2)7-11(3)8-15-13(5)9-12(4)14(15)6/h7-9,12H,1-6H3. The maximum atomic E-state index is 2.34. The second-order valence-electron chi connectivity index (χ2n) is 4.85. The van der Waals surface area contributed by atoms with E-state index in [-0.39, 0.29) is 0 Å². The summed E-state index contributed by atoms with van der Waals surface area (Å²) in [5.41, 5.74) is 7.04. The van der Waals surface area contributed by atoms with Crippen molar-refractivity contribution >= 4 is 0 Å². The molecule has 0 heteroatoms. The Morgan fingerprint density at radius 1 is 1.20 bits per heavy atom. The summed E-state index contributed by atoms with van der Waals surface area (Å²) >= 11 is 0. The molecule has 1 aliphatic carbocycles. The van der Waals surface area contributed by atoms with Gasteiger partial charge in [-0.25, -0.2) is 0 Å². The van der Waals surface area contributed by atoms with Gasteiger partial charge >= 0.3 is 0 Å². The molecule has 0 fully saturated rings. The van der Waals surface area contributed by atoms with Crippen LogP contribution in [0.3, 0.4) is 0 Å². The van der Waals surface area contributed by atoms with Gasteiger partial charge in [0.2, 0.25) is 0 Å². The van der Waals surface area contributed by atoms with E-state index in [1.807, 2.05) is 0 Å². The molecule has 0 amide bonds. The summed E-state index contributed by atoms with van der Waals surface area (Å²) in [6, 6.07) is 0. The van der Waals surface area contributed by atoms with E-state index >= 15 is 0 Å².